The molecular formula is C38H54N2O8. The highest BCUT2D eigenvalue weighted by atomic mass is 16.6. The van der Waals surface area contributed by atoms with Crippen LogP contribution in [0.4, 0.5) is 9.59 Å². The molecule has 2 aliphatic heterocycles. The van der Waals surface area contributed by atoms with Gasteiger partial charge in [-0.05, 0) is 79.4 Å². The van der Waals surface area contributed by atoms with E-state index < -0.39 is 11.2 Å². The quantitative estimate of drug-likeness (QED) is 0.236. The lowest BCUT2D eigenvalue weighted by atomic mass is 9.81. The number of rotatable bonds is 6. The third-order valence-electron chi connectivity index (χ3n) is 8.16. The molecule has 10 heteroatoms. The lowest BCUT2D eigenvalue weighted by Crippen LogP contribution is -2.47. The highest BCUT2D eigenvalue weighted by molar-refractivity contribution is 5.76. The number of carbonyl (C=O) groups is 4. The predicted octanol–water partition coefficient (Wildman–Crippen LogP) is 7.18. The minimum atomic E-state index is -0.530. The molecule has 0 bridgehead atoms. The fourth-order valence-corrected chi connectivity index (χ4v) is 6.03. The number of hydrogen-bond donors (Lipinski definition) is 0. The third kappa shape index (κ3) is 11.6. The maximum absolute atomic E-state index is 12.4. The summed E-state index contributed by atoms with van der Waals surface area (Å²) in [5.41, 5.74) is 1.03. The summed E-state index contributed by atoms with van der Waals surface area (Å²) in [6.07, 6.45) is 0.506. The van der Waals surface area contributed by atoms with Crippen LogP contribution < -0.4 is 0 Å². The first kappa shape index (κ1) is 38.4. The predicted molar refractivity (Wildman–Crippen MR) is 183 cm³/mol. The maximum Gasteiger partial charge on any atom is 0.410 e. The molecule has 0 radical (unpaired) electrons. The average Bonchev–Trinajstić information content (AvgIpc) is 3.04. The molecular weight excluding hydrogens is 612 g/mol. The van der Waals surface area contributed by atoms with Gasteiger partial charge in [0.1, 0.15) is 11.2 Å². The molecule has 0 spiro atoms. The van der Waals surface area contributed by atoms with E-state index in [-0.39, 0.29) is 47.8 Å². The van der Waals surface area contributed by atoms with Crippen LogP contribution in [0.25, 0.3) is 0 Å². The van der Waals surface area contributed by atoms with Crippen molar-refractivity contribution in [1.29, 1.82) is 0 Å². The molecule has 0 N–H and O–H groups in total. The first-order valence-electron chi connectivity index (χ1n) is 17.0. The second-order valence-electron chi connectivity index (χ2n) is 14.2. The third-order valence-corrected chi connectivity index (χ3v) is 8.16. The second kappa shape index (κ2) is 17.4. The molecule has 2 fully saturated rings. The van der Waals surface area contributed by atoms with E-state index >= 15 is 0 Å². The van der Waals surface area contributed by atoms with Gasteiger partial charge in [0.15, 0.2) is 0 Å². The SMILES string of the molecule is CCOC(=O)[C@@H]1CCN(C(=O)OC(C)(C)C)CC1c1ccccc1.CCOC(=O)[C@H]1CCN(C(=O)OC(C)(C)C)C[C@H]1c1ccccc1. The van der Waals surface area contributed by atoms with Gasteiger partial charge in [0.2, 0.25) is 0 Å². The summed E-state index contributed by atoms with van der Waals surface area (Å²) in [5.74, 6) is -0.986. The van der Waals surface area contributed by atoms with E-state index in [1.54, 1.807) is 9.80 Å². The van der Waals surface area contributed by atoms with Crippen molar-refractivity contribution in [1.82, 2.24) is 9.80 Å². The van der Waals surface area contributed by atoms with Crippen molar-refractivity contribution in [2.75, 3.05) is 39.4 Å². The number of likely N-dealkylation sites (tertiary alicyclic amines) is 2. The van der Waals surface area contributed by atoms with Gasteiger partial charge in [-0.3, -0.25) is 9.59 Å². The van der Waals surface area contributed by atoms with Crippen molar-refractivity contribution in [3.63, 3.8) is 0 Å². The molecule has 0 aliphatic carbocycles. The van der Waals surface area contributed by atoms with Gasteiger partial charge in [-0.25, -0.2) is 9.59 Å². The van der Waals surface area contributed by atoms with Crippen LogP contribution in [-0.2, 0) is 28.5 Å². The topological polar surface area (TPSA) is 112 Å². The fraction of sp³-hybridized carbons (Fsp3) is 0.579. The Kier molecular flexibility index (Phi) is 13.9. The van der Waals surface area contributed by atoms with Crippen LogP contribution >= 0.6 is 0 Å². The summed E-state index contributed by atoms with van der Waals surface area (Å²) in [4.78, 5) is 52.8. The van der Waals surface area contributed by atoms with Gasteiger partial charge in [0.25, 0.3) is 0 Å². The number of ether oxygens (including phenoxy) is 4. The molecule has 2 aromatic rings. The smallest absolute Gasteiger partial charge is 0.410 e. The van der Waals surface area contributed by atoms with Crippen molar-refractivity contribution < 1.29 is 38.1 Å². The summed E-state index contributed by atoms with van der Waals surface area (Å²) in [7, 11) is 0. The molecule has 0 aromatic heterocycles. The number of benzene rings is 2. The molecule has 2 aliphatic rings. The van der Waals surface area contributed by atoms with E-state index in [1.807, 2.05) is 116 Å². The van der Waals surface area contributed by atoms with Gasteiger partial charge in [0.05, 0.1) is 25.0 Å². The minimum Gasteiger partial charge on any atom is -0.466 e. The van der Waals surface area contributed by atoms with Gasteiger partial charge in [-0.1, -0.05) is 60.7 Å². The molecule has 0 saturated carbocycles. The summed E-state index contributed by atoms with van der Waals surface area (Å²) < 4.78 is 21.4. The van der Waals surface area contributed by atoms with Gasteiger partial charge < -0.3 is 28.7 Å². The Bertz CT molecular complexity index is 1230. The van der Waals surface area contributed by atoms with Crippen LogP contribution in [0.2, 0.25) is 0 Å². The molecule has 48 heavy (non-hydrogen) atoms. The Morgan fingerprint density at radius 3 is 1.23 bits per heavy atom. The summed E-state index contributed by atoms with van der Waals surface area (Å²) >= 11 is 0. The molecule has 4 atom stereocenters. The van der Waals surface area contributed by atoms with Crippen LogP contribution in [0.5, 0.6) is 0 Å². The summed E-state index contributed by atoms with van der Waals surface area (Å²) in [6.45, 7) is 17.4. The second-order valence-corrected chi connectivity index (χ2v) is 14.2. The zero-order valence-electron chi connectivity index (χ0n) is 29.9. The van der Waals surface area contributed by atoms with Crippen LogP contribution in [0.3, 0.4) is 0 Å². The monoisotopic (exact) mass is 666 g/mol. The Morgan fingerprint density at radius 2 is 0.938 bits per heavy atom. The minimum absolute atomic E-state index is 0.0773. The summed E-state index contributed by atoms with van der Waals surface area (Å²) in [6, 6.07) is 19.7. The van der Waals surface area contributed by atoms with E-state index in [4.69, 9.17) is 18.9 Å². The van der Waals surface area contributed by atoms with Gasteiger partial charge in [0, 0.05) is 38.0 Å². The van der Waals surface area contributed by atoms with Crippen molar-refractivity contribution in [3.8, 4) is 0 Å². The zero-order chi connectivity index (χ0) is 35.5. The number of piperidine rings is 2. The van der Waals surface area contributed by atoms with Crippen LogP contribution in [0.15, 0.2) is 60.7 Å². The van der Waals surface area contributed by atoms with E-state index in [9.17, 15) is 19.2 Å². The number of esters is 2. The fourth-order valence-electron chi connectivity index (χ4n) is 6.03. The van der Waals surface area contributed by atoms with Crippen LogP contribution in [0, 0.1) is 11.8 Å². The van der Waals surface area contributed by atoms with Crippen LogP contribution in [0.1, 0.15) is 91.2 Å². The molecule has 264 valence electrons. The Labute approximate surface area is 286 Å². The lowest BCUT2D eigenvalue weighted by molar-refractivity contribution is -0.151. The molecule has 2 amide bonds. The molecule has 2 saturated heterocycles. The lowest BCUT2D eigenvalue weighted by Gasteiger charge is -2.38. The van der Waals surface area contributed by atoms with Crippen LogP contribution in [-0.4, -0.2) is 84.5 Å². The number of amides is 2. The first-order valence-corrected chi connectivity index (χ1v) is 17.0. The standard InChI is InChI=1S/2C19H27NO4/c2*1-5-23-17(21)15-11-12-20(18(22)24-19(2,3)4)13-16(15)14-9-7-6-8-10-14/h2*6-10,15-16H,5,11-13H2,1-4H3/t15-,16?;15-,16-/m10/s1. The Balaban J connectivity index is 0.000000260. The van der Waals surface area contributed by atoms with Gasteiger partial charge >= 0.3 is 24.1 Å². The van der Waals surface area contributed by atoms with Crippen molar-refractivity contribution in [2.45, 2.75) is 91.3 Å². The molecule has 2 heterocycles. The van der Waals surface area contributed by atoms with E-state index in [2.05, 4.69) is 0 Å². The number of carbonyl (C=O) groups excluding carboxylic acids is 4. The van der Waals surface area contributed by atoms with E-state index in [1.165, 1.54) is 0 Å². The van der Waals surface area contributed by atoms with Gasteiger partial charge in [-0.2, -0.15) is 0 Å². The zero-order valence-corrected chi connectivity index (χ0v) is 29.9. The van der Waals surface area contributed by atoms with Crippen molar-refractivity contribution in [3.05, 3.63) is 71.8 Å². The van der Waals surface area contributed by atoms with Crippen molar-refractivity contribution in [2.24, 2.45) is 11.8 Å². The summed E-state index contributed by atoms with van der Waals surface area (Å²) in [5, 5.41) is 0. The van der Waals surface area contributed by atoms with Crippen molar-refractivity contribution >= 4 is 24.1 Å². The number of hydrogen-bond acceptors (Lipinski definition) is 8. The molecule has 2 aromatic carbocycles. The molecule has 4 rings (SSSR count). The normalized spacial score (nSPS) is 21.2. The highest BCUT2D eigenvalue weighted by Gasteiger charge is 2.40. The average molecular weight is 667 g/mol. The molecule has 1 unspecified atom stereocenters. The highest BCUT2D eigenvalue weighted by Crippen LogP contribution is 2.35. The number of nitrogens with zero attached hydrogens (tertiary/aromatic N) is 2. The van der Waals surface area contributed by atoms with Gasteiger partial charge in [-0.15, -0.1) is 0 Å². The van der Waals surface area contributed by atoms with E-state index in [0.29, 0.717) is 52.2 Å². The molecule has 10 nitrogen and oxygen atoms in total. The largest absolute Gasteiger partial charge is 0.466 e. The Hall–Kier alpha value is -4.08. The first-order chi connectivity index (χ1) is 22.6. The maximum atomic E-state index is 12.4. The Morgan fingerprint density at radius 1 is 0.604 bits per heavy atom. The van der Waals surface area contributed by atoms with E-state index in [0.717, 1.165) is 11.1 Å².